The maximum atomic E-state index is 12.3. The van der Waals surface area contributed by atoms with E-state index in [4.69, 9.17) is 16.3 Å². The molecule has 1 aliphatic rings. The molecule has 0 aromatic carbocycles. The molecule has 1 unspecified atom stereocenters. The summed E-state index contributed by atoms with van der Waals surface area (Å²) in [4.78, 5) is 11.8. The minimum absolute atomic E-state index is 0.0512. The Labute approximate surface area is 120 Å². The van der Waals surface area contributed by atoms with E-state index < -0.39 is 22.0 Å². The van der Waals surface area contributed by atoms with E-state index in [2.05, 4.69) is 0 Å². The summed E-state index contributed by atoms with van der Waals surface area (Å²) >= 11 is 5.55. The van der Waals surface area contributed by atoms with Crippen LogP contribution in [-0.4, -0.2) is 49.5 Å². The van der Waals surface area contributed by atoms with E-state index in [9.17, 15) is 13.2 Å². The molecule has 1 heterocycles. The van der Waals surface area contributed by atoms with Gasteiger partial charge in [0, 0.05) is 12.4 Å². The van der Waals surface area contributed by atoms with Crippen molar-refractivity contribution in [2.45, 2.75) is 45.1 Å². The number of esters is 1. The number of unbranched alkanes of at least 4 members (excludes halogenated alkanes) is 1. The summed E-state index contributed by atoms with van der Waals surface area (Å²) in [5.74, 6) is 0.0787. The van der Waals surface area contributed by atoms with Crippen molar-refractivity contribution in [3.8, 4) is 0 Å². The first kappa shape index (κ1) is 16.7. The number of ether oxygens (including phenoxy) is 1. The molecular weight excluding hydrogens is 290 g/mol. The van der Waals surface area contributed by atoms with Crippen molar-refractivity contribution in [3.63, 3.8) is 0 Å². The summed E-state index contributed by atoms with van der Waals surface area (Å²) in [6, 6.07) is -0.644. The molecule has 5 nitrogen and oxygen atoms in total. The third kappa shape index (κ3) is 4.93. The highest BCUT2D eigenvalue weighted by molar-refractivity contribution is 7.89. The van der Waals surface area contributed by atoms with E-state index >= 15 is 0 Å². The molecule has 0 bridgehead atoms. The summed E-state index contributed by atoms with van der Waals surface area (Å²) in [7, 11) is -3.39. The van der Waals surface area contributed by atoms with Crippen LogP contribution in [0.1, 0.15) is 39.0 Å². The number of hydrogen-bond acceptors (Lipinski definition) is 4. The lowest BCUT2D eigenvalue weighted by atomic mass is 10.1. The molecule has 0 aromatic rings. The van der Waals surface area contributed by atoms with Gasteiger partial charge in [-0.05, 0) is 39.0 Å². The Balaban J connectivity index is 2.72. The van der Waals surface area contributed by atoms with E-state index in [0.717, 1.165) is 12.8 Å². The van der Waals surface area contributed by atoms with Crippen LogP contribution in [0.2, 0.25) is 0 Å². The molecule has 1 atom stereocenters. The number of nitrogens with zero attached hydrogens (tertiary/aromatic N) is 1. The SMILES string of the molecule is CCOC(=O)C1CCCCN1S(=O)(=O)CCCCCl. The van der Waals surface area contributed by atoms with Crippen LogP contribution in [-0.2, 0) is 19.6 Å². The van der Waals surface area contributed by atoms with Gasteiger partial charge in [-0.15, -0.1) is 11.6 Å². The fraction of sp³-hybridized carbons (Fsp3) is 0.917. The van der Waals surface area contributed by atoms with Crippen LogP contribution in [0, 0.1) is 0 Å². The Morgan fingerprint density at radius 2 is 2.11 bits per heavy atom. The number of halogens is 1. The zero-order valence-corrected chi connectivity index (χ0v) is 12.9. The lowest BCUT2D eigenvalue weighted by Gasteiger charge is -2.32. The number of sulfonamides is 1. The fourth-order valence-corrected chi connectivity index (χ4v) is 4.19. The molecule has 0 aliphatic carbocycles. The molecule has 1 rings (SSSR count). The van der Waals surface area contributed by atoms with Crippen LogP contribution < -0.4 is 0 Å². The smallest absolute Gasteiger partial charge is 0.324 e. The zero-order valence-electron chi connectivity index (χ0n) is 11.3. The molecule has 0 aromatic heterocycles. The third-order valence-corrected chi connectivity index (χ3v) is 5.38. The summed E-state index contributed by atoms with van der Waals surface area (Å²) in [5, 5.41) is 0. The first-order chi connectivity index (χ1) is 9.03. The highest BCUT2D eigenvalue weighted by Crippen LogP contribution is 2.22. The molecular formula is C12H22ClNO4S. The highest BCUT2D eigenvalue weighted by atomic mass is 35.5. The van der Waals surface area contributed by atoms with Crippen LogP contribution in [0.25, 0.3) is 0 Å². The van der Waals surface area contributed by atoms with Gasteiger partial charge in [0.25, 0.3) is 0 Å². The highest BCUT2D eigenvalue weighted by Gasteiger charge is 2.37. The predicted octanol–water partition coefficient (Wildman–Crippen LogP) is 1.75. The maximum absolute atomic E-state index is 12.3. The first-order valence-electron chi connectivity index (χ1n) is 6.75. The van der Waals surface area contributed by atoms with Gasteiger partial charge in [-0.3, -0.25) is 4.79 Å². The fourth-order valence-electron chi connectivity index (χ4n) is 2.21. The largest absolute Gasteiger partial charge is 0.465 e. The normalized spacial score (nSPS) is 21.3. The van der Waals surface area contributed by atoms with Gasteiger partial charge < -0.3 is 4.74 Å². The molecule has 0 amide bonds. The van der Waals surface area contributed by atoms with Gasteiger partial charge in [-0.2, -0.15) is 4.31 Å². The Hall–Kier alpha value is -0.330. The Morgan fingerprint density at radius 1 is 1.37 bits per heavy atom. The number of piperidine rings is 1. The quantitative estimate of drug-likeness (QED) is 0.408. The maximum Gasteiger partial charge on any atom is 0.324 e. The Bertz CT molecular complexity index is 385. The summed E-state index contributed by atoms with van der Waals surface area (Å²) < 4.78 is 30.8. The van der Waals surface area contributed by atoms with Crippen LogP contribution in [0.4, 0.5) is 0 Å². The number of alkyl halides is 1. The molecule has 112 valence electrons. The van der Waals surface area contributed by atoms with Gasteiger partial charge in [0.2, 0.25) is 10.0 Å². The number of carbonyl (C=O) groups excluding carboxylic acids is 1. The average molecular weight is 312 g/mol. The lowest BCUT2D eigenvalue weighted by molar-refractivity contribution is -0.148. The molecule has 7 heteroatoms. The lowest BCUT2D eigenvalue weighted by Crippen LogP contribution is -2.49. The van der Waals surface area contributed by atoms with E-state index in [0.29, 0.717) is 31.7 Å². The zero-order chi connectivity index (χ0) is 14.3. The standard InChI is InChI=1S/C12H22ClNO4S/c1-2-18-12(15)11-7-3-5-9-14(11)19(16,17)10-6-4-8-13/h11H,2-10H2,1H3. The molecule has 0 radical (unpaired) electrons. The number of rotatable bonds is 7. The van der Waals surface area contributed by atoms with Crippen LogP contribution in [0.5, 0.6) is 0 Å². The van der Waals surface area contributed by atoms with Gasteiger partial charge in [0.15, 0.2) is 0 Å². The molecule has 19 heavy (non-hydrogen) atoms. The number of carbonyl (C=O) groups is 1. The molecule has 1 aliphatic heterocycles. The monoisotopic (exact) mass is 311 g/mol. The van der Waals surface area contributed by atoms with Crippen molar-refractivity contribution in [2.24, 2.45) is 0 Å². The second kappa shape index (κ2) is 8.07. The van der Waals surface area contributed by atoms with E-state index in [1.807, 2.05) is 0 Å². The molecule has 1 fully saturated rings. The van der Waals surface area contributed by atoms with Crippen molar-refractivity contribution in [3.05, 3.63) is 0 Å². The molecule has 0 saturated carbocycles. The van der Waals surface area contributed by atoms with Crippen LogP contribution >= 0.6 is 11.6 Å². The first-order valence-corrected chi connectivity index (χ1v) is 8.89. The second-order valence-corrected chi connectivity index (χ2v) is 7.01. The third-order valence-electron chi connectivity index (χ3n) is 3.16. The molecule has 1 saturated heterocycles. The van der Waals surface area contributed by atoms with Gasteiger partial charge >= 0.3 is 5.97 Å². The van der Waals surface area contributed by atoms with Crippen molar-refractivity contribution in [2.75, 3.05) is 24.8 Å². The van der Waals surface area contributed by atoms with Gasteiger partial charge in [0.1, 0.15) is 6.04 Å². The molecule has 0 spiro atoms. The van der Waals surface area contributed by atoms with Crippen LogP contribution in [0.3, 0.4) is 0 Å². The molecule has 0 N–H and O–H groups in total. The van der Waals surface area contributed by atoms with Gasteiger partial charge in [-0.1, -0.05) is 0 Å². The summed E-state index contributed by atoms with van der Waals surface area (Å²) in [6.45, 7) is 2.40. The summed E-state index contributed by atoms with van der Waals surface area (Å²) in [5.41, 5.74) is 0. The Kier molecular flexibility index (Phi) is 7.10. The minimum Gasteiger partial charge on any atom is -0.465 e. The predicted molar refractivity (Wildman–Crippen MR) is 74.7 cm³/mol. The van der Waals surface area contributed by atoms with Crippen molar-refractivity contribution < 1.29 is 17.9 Å². The van der Waals surface area contributed by atoms with E-state index in [1.165, 1.54) is 4.31 Å². The van der Waals surface area contributed by atoms with Gasteiger partial charge in [0.05, 0.1) is 12.4 Å². The van der Waals surface area contributed by atoms with Gasteiger partial charge in [-0.25, -0.2) is 8.42 Å². The van der Waals surface area contributed by atoms with Crippen molar-refractivity contribution in [1.29, 1.82) is 0 Å². The Morgan fingerprint density at radius 3 is 2.74 bits per heavy atom. The van der Waals surface area contributed by atoms with E-state index in [-0.39, 0.29) is 12.4 Å². The second-order valence-electron chi connectivity index (χ2n) is 4.59. The van der Waals surface area contributed by atoms with Crippen LogP contribution in [0.15, 0.2) is 0 Å². The minimum atomic E-state index is -3.39. The number of hydrogen-bond donors (Lipinski definition) is 0. The van der Waals surface area contributed by atoms with Crippen molar-refractivity contribution in [1.82, 2.24) is 4.31 Å². The summed E-state index contributed by atoms with van der Waals surface area (Å²) in [6.07, 6.45) is 3.39. The van der Waals surface area contributed by atoms with Crippen molar-refractivity contribution >= 4 is 27.6 Å². The topological polar surface area (TPSA) is 63.7 Å². The average Bonchev–Trinajstić information content (AvgIpc) is 2.39. The van der Waals surface area contributed by atoms with E-state index in [1.54, 1.807) is 6.92 Å².